The van der Waals surface area contributed by atoms with Gasteiger partial charge in [0.2, 0.25) is 0 Å². The van der Waals surface area contributed by atoms with Crippen molar-refractivity contribution in [1.29, 1.82) is 5.26 Å². The largest absolute Gasteiger partial charge is 0.398 e. The smallest absolute Gasteiger partial charge is 0.101 e. The normalized spacial score (nSPS) is 23.7. The first-order valence-electron chi connectivity index (χ1n) is 6.25. The number of hydrogen-bond donors (Lipinski definition) is 1. The van der Waals surface area contributed by atoms with E-state index in [1.807, 2.05) is 18.2 Å². The first-order valence-corrected chi connectivity index (χ1v) is 6.25. The summed E-state index contributed by atoms with van der Waals surface area (Å²) >= 11 is 0. The van der Waals surface area contributed by atoms with Crippen molar-refractivity contribution in [2.45, 2.75) is 45.2 Å². The van der Waals surface area contributed by atoms with Crippen LogP contribution in [0.25, 0.3) is 0 Å². The van der Waals surface area contributed by atoms with Crippen molar-refractivity contribution >= 4 is 11.4 Å². The molecule has 0 aliphatic carbocycles. The van der Waals surface area contributed by atoms with Crippen molar-refractivity contribution in [3.05, 3.63) is 23.8 Å². The molecule has 2 atom stereocenters. The molecule has 2 rings (SSSR count). The lowest BCUT2D eigenvalue weighted by molar-refractivity contribution is 0.628. The molecule has 0 amide bonds. The van der Waals surface area contributed by atoms with Gasteiger partial charge in [0.05, 0.1) is 11.3 Å². The maximum atomic E-state index is 8.88. The van der Waals surface area contributed by atoms with Gasteiger partial charge in [-0.05, 0) is 44.4 Å². The number of hydrogen-bond acceptors (Lipinski definition) is 3. The van der Waals surface area contributed by atoms with Crippen molar-refractivity contribution in [1.82, 2.24) is 0 Å². The van der Waals surface area contributed by atoms with Crippen molar-refractivity contribution in [2.24, 2.45) is 0 Å². The zero-order valence-electron chi connectivity index (χ0n) is 10.5. The Kier molecular flexibility index (Phi) is 3.23. The van der Waals surface area contributed by atoms with Crippen LogP contribution in [0, 0.1) is 11.3 Å². The number of anilines is 2. The van der Waals surface area contributed by atoms with E-state index in [9.17, 15) is 0 Å². The number of nitriles is 1. The zero-order chi connectivity index (χ0) is 12.4. The summed E-state index contributed by atoms with van der Waals surface area (Å²) in [7, 11) is 0. The van der Waals surface area contributed by atoms with Crippen LogP contribution in [-0.4, -0.2) is 12.1 Å². The predicted molar refractivity (Wildman–Crippen MR) is 70.8 cm³/mol. The van der Waals surface area contributed by atoms with Gasteiger partial charge in [-0.1, -0.05) is 6.92 Å². The van der Waals surface area contributed by atoms with Crippen molar-refractivity contribution in [2.75, 3.05) is 10.6 Å². The van der Waals surface area contributed by atoms with E-state index in [2.05, 4.69) is 24.8 Å². The molecular formula is C14H19N3. The first-order chi connectivity index (χ1) is 8.17. The van der Waals surface area contributed by atoms with Gasteiger partial charge in [-0.25, -0.2) is 0 Å². The minimum absolute atomic E-state index is 0.562. The molecular weight excluding hydrogens is 210 g/mol. The summed E-state index contributed by atoms with van der Waals surface area (Å²) in [6, 6.07) is 9.05. The Morgan fingerprint density at radius 2 is 2.24 bits per heavy atom. The zero-order valence-corrected chi connectivity index (χ0v) is 10.5. The first kappa shape index (κ1) is 11.8. The number of nitrogens with two attached hydrogens (primary N) is 1. The molecule has 1 aliphatic rings. The van der Waals surface area contributed by atoms with Gasteiger partial charge < -0.3 is 10.6 Å². The Hall–Kier alpha value is -1.69. The van der Waals surface area contributed by atoms with E-state index in [4.69, 9.17) is 11.0 Å². The van der Waals surface area contributed by atoms with Gasteiger partial charge in [0, 0.05) is 17.8 Å². The summed E-state index contributed by atoms with van der Waals surface area (Å²) in [5, 5.41) is 8.88. The molecule has 3 nitrogen and oxygen atoms in total. The third-order valence-corrected chi connectivity index (χ3v) is 3.71. The molecule has 0 saturated carbocycles. The van der Waals surface area contributed by atoms with Crippen LogP contribution in [0.15, 0.2) is 18.2 Å². The minimum atomic E-state index is 0.562. The van der Waals surface area contributed by atoms with E-state index in [1.165, 1.54) is 12.8 Å². The average Bonchev–Trinajstić information content (AvgIpc) is 2.70. The third kappa shape index (κ3) is 2.08. The molecule has 17 heavy (non-hydrogen) atoms. The summed E-state index contributed by atoms with van der Waals surface area (Å²) in [5.74, 6) is 0. The van der Waals surface area contributed by atoms with Crippen LogP contribution in [0.1, 0.15) is 38.7 Å². The van der Waals surface area contributed by atoms with Gasteiger partial charge in [0.1, 0.15) is 6.07 Å². The molecule has 0 spiro atoms. The predicted octanol–water partition coefficient (Wildman–Crippen LogP) is 2.91. The van der Waals surface area contributed by atoms with E-state index < -0.39 is 0 Å². The van der Waals surface area contributed by atoms with Gasteiger partial charge in [-0.2, -0.15) is 5.26 Å². The maximum Gasteiger partial charge on any atom is 0.101 e. The third-order valence-electron chi connectivity index (χ3n) is 3.71. The summed E-state index contributed by atoms with van der Waals surface area (Å²) in [5.41, 5.74) is 8.18. The Labute approximate surface area is 103 Å². The molecule has 1 aromatic carbocycles. The van der Waals surface area contributed by atoms with Crippen LogP contribution >= 0.6 is 0 Å². The Balaban J connectivity index is 2.33. The quantitative estimate of drug-likeness (QED) is 0.793. The van der Waals surface area contributed by atoms with Gasteiger partial charge in [-0.3, -0.25) is 0 Å². The molecule has 1 fully saturated rings. The molecule has 1 aliphatic heterocycles. The van der Waals surface area contributed by atoms with Gasteiger partial charge in [0.15, 0.2) is 0 Å². The lowest BCUT2D eigenvalue weighted by Gasteiger charge is -2.30. The number of nitrogen functional groups attached to an aromatic ring is 1. The van der Waals surface area contributed by atoms with Gasteiger partial charge in [0.25, 0.3) is 0 Å². The molecule has 3 heteroatoms. The highest BCUT2D eigenvalue weighted by Gasteiger charge is 2.29. The fraction of sp³-hybridized carbons (Fsp3) is 0.500. The highest BCUT2D eigenvalue weighted by atomic mass is 15.2. The van der Waals surface area contributed by atoms with E-state index in [0.29, 0.717) is 23.3 Å². The highest BCUT2D eigenvalue weighted by Crippen LogP contribution is 2.33. The van der Waals surface area contributed by atoms with Crippen LogP contribution < -0.4 is 10.6 Å². The second kappa shape index (κ2) is 4.67. The monoisotopic (exact) mass is 229 g/mol. The molecule has 0 bridgehead atoms. The summed E-state index contributed by atoms with van der Waals surface area (Å²) in [6.07, 6.45) is 3.64. The fourth-order valence-electron chi connectivity index (χ4n) is 2.75. The Morgan fingerprint density at radius 3 is 2.82 bits per heavy atom. The molecule has 2 unspecified atom stereocenters. The van der Waals surface area contributed by atoms with E-state index >= 15 is 0 Å². The van der Waals surface area contributed by atoms with Crippen LogP contribution in [0.5, 0.6) is 0 Å². The van der Waals surface area contributed by atoms with Crippen molar-refractivity contribution in [3.63, 3.8) is 0 Å². The second-order valence-electron chi connectivity index (χ2n) is 4.78. The molecule has 1 heterocycles. The van der Waals surface area contributed by atoms with E-state index in [1.54, 1.807) is 0 Å². The minimum Gasteiger partial charge on any atom is -0.398 e. The summed E-state index contributed by atoms with van der Waals surface area (Å²) in [4.78, 5) is 2.44. The molecule has 2 N–H and O–H groups in total. The second-order valence-corrected chi connectivity index (χ2v) is 4.78. The molecule has 1 saturated heterocycles. The Bertz CT molecular complexity index is 447. The lowest BCUT2D eigenvalue weighted by Crippen LogP contribution is -2.34. The number of benzene rings is 1. The standard InChI is InChI=1S/C14H19N3/c1-3-12-6-4-10(2)17(12)13-7-5-11(9-15)14(16)8-13/h5,7-8,10,12H,3-4,6,16H2,1-2H3. The van der Waals surface area contributed by atoms with Crippen LogP contribution in [0.3, 0.4) is 0 Å². The van der Waals surface area contributed by atoms with Crippen LogP contribution in [0.4, 0.5) is 11.4 Å². The highest BCUT2D eigenvalue weighted by molar-refractivity contribution is 5.64. The maximum absolute atomic E-state index is 8.88. The lowest BCUT2D eigenvalue weighted by atomic mass is 10.1. The fourth-order valence-corrected chi connectivity index (χ4v) is 2.75. The number of rotatable bonds is 2. The van der Waals surface area contributed by atoms with Crippen molar-refractivity contribution < 1.29 is 0 Å². The Morgan fingerprint density at radius 1 is 1.47 bits per heavy atom. The molecule has 0 radical (unpaired) electrons. The van der Waals surface area contributed by atoms with Crippen LogP contribution in [0.2, 0.25) is 0 Å². The number of nitrogens with zero attached hydrogens (tertiary/aromatic N) is 2. The summed E-state index contributed by atoms with van der Waals surface area (Å²) < 4.78 is 0. The average molecular weight is 229 g/mol. The van der Waals surface area contributed by atoms with Gasteiger partial charge >= 0.3 is 0 Å². The molecule has 1 aromatic rings. The van der Waals surface area contributed by atoms with Crippen molar-refractivity contribution in [3.8, 4) is 6.07 Å². The van der Waals surface area contributed by atoms with E-state index in [-0.39, 0.29) is 0 Å². The SMILES string of the molecule is CCC1CCC(C)N1c1ccc(C#N)c(N)c1. The topological polar surface area (TPSA) is 53.0 Å². The molecule has 90 valence electrons. The van der Waals surface area contributed by atoms with Crippen LogP contribution in [-0.2, 0) is 0 Å². The van der Waals surface area contributed by atoms with Gasteiger partial charge in [-0.15, -0.1) is 0 Å². The summed E-state index contributed by atoms with van der Waals surface area (Å²) in [6.45, 7) is 4.48. The molecule has 0 aromatic heterocycles. The van der Waals surface area contributed by atoms with E-state index in [0.717, 1.165) is 12.1 Å².